The first kappa shape index (κ1) is 15.7. The van der Waals surface area contributed by atoms with Crippen molar-refractivity contribution in [3.05, 3.63) is 38.4 Å². The van der Waals surface area contributed by atoms with Crippen molar-refractivity contribution in [2.45, 2.75) is 57.7 Å². The van der Waals surface area contributed by atoms with Crippen LogP contribution in [0.5, 0.6) is 0 Å². The van der Waals surface area contributed by atoms with Crippen LogP contribution in [0.1, 0.15) is 46.0 Å². The SMILES string of the molecule is CC(C)N1N(c2ccc([N+](=O)[O-])cc2[N+](=O)[O-])C12CCCCC2. The summed E-state index contributed by atoms with van der Waals surface area (Å²) in [7, 11) is 0. The number of non-ortho nitro benzene ring substituents is 1. The van der Waals surface area contributed by atoms with Gasteiger partial charge in [-0.1, -0.05) is 6.42 Å². The number of rotatable bonds is 4. The summed E-state index contributed by atoms with van der Waals surface area (Å²) in [6.07, 6.45) is 5.32. The summed E-state index contributed by atoms with van der Waals surface area (Å²) in [4.78, 5) is 21.2. The summed E-state index contributed by atoms with van der Waals surface area (Å²) in [6.45, 7) is 4.13. The van der Waals surface area contributed by atoms with Crippen molar-refractivity contribution >= 4 is 17.1 Å². The zero-order valence-electron chi connectivity index (χ0n) is 13.3. The molecule has 1 aromatic carbocycles. The molecule has 2 fully saturated rings. The van der Waals surface area contributed by atoms with Gasteiger partial charge < -0.3 is 0 Å². The second kappa shape index (κ2) is 5.45. The van der Waals surface area contributed by atoms with Gasteiger partial charge in [-0.15, -0.1) is 0 Å². The van der Waals surface area contributed by atoms with Gasteiger partial charge >= 0.3 is 5.69 Å². The standard InChI is InChI=1S/C15H20N4O4/c1-11(2)16-15(8-4-3-5-9-15)17(16)13-7-6-12(18(20)21)10-14(13)19(22)23/h6-7,10-11H,3-5,8-9H2,1-2H3. The molecule has 1 spiro atoms. The lowest BCUT2D eigenvalue weighted by atomic mass is 9.91. The Bertz CT molecular complexity index is 655. The predicted octanol–water partition coefficient (Wildman–Crippen LogP) is 3.61. The van der Waals surface area contributed by atoms with Crippen molar-refractivity contribution < 1.29 is 9.85 Å². The number of nitro benzene ring substituents is 2. The van der Waals surface area contributed by atoms with Gasteiger partial charge in [0.25, 0.3) is 5.69 Å². The average molecular weight is 320 g/mol. The van der Waals surface area contributed by atoms with Gasteiger partial charge in [-0.05, 0) is 45.6 Å². The van der Waals surface area contributed by atoms with Crippen molar-refractivity contribution in [2.24, 2.45) is 0 Å². The number of nitro groups is 2. The molecular formula is C15H20N4O4. The summed E-state index contributed by atoms with van der Waals surface area (Å²) in [5.41, 5.74) is -0.160. The third-order valence-corrected chi connectivity index (χ3v) is 4.73. The van der Waals surface area contributed by atoms with Gasteiger partial charge in [0.15, 0.2) is 0 Å². The van der Waals surface area contributed by atoms with E-state index in [-0.39, 0.29) is 23.1 Å². The van der Waals surface area contributed by atoms with E-state index >= 15 is 0 Å². The molecule has 2 aliphatic rings. The van der Waals surface area contributed by atoms with Crippen LogP contribution in [-0.2, 0) is 0 Å². The first-order chi connectivity index (χ1) is 10.9. The highest BCUT2D eigenvalue weighted by molar-refractivity contribution is 5.70. The van der Waals surface area contributed by atoms with Gasteiger partial charge in [0.1, 0.15) is 11.4 Å². The molecule has 124 valence electrons. The fourth-order valence-corrected chi connectivity index (χ4v) is 3.86. The predicted molar refractivity (Wildman–Crippen MR) is 85.0 cm³/mol. The molecule has 0 N–H and O–H groups in total. The number of benzene rings is 1. The number of hydrogen-bond acceptors (Lipinski definition) is 6. The molecule has 1 saturated carbocycles. The fourth-order valence-electron chi connectivity index (χ4n) is 3.86. The number of hydrazine groups is 1. The highest BCUT2D eigenvalue weighted by Crippen LogP contribution is 2.55. The summed E-state index contributed by atoms with van der Waals surface area (Å²) >= 11 is 0. The normalized spacial score (nSPS) is 22.4. The van der Waals surface area contributed by atoms with E-state index in [1.807, 2.05) is 5.01 Å². The minimum Gasteiger partial charge on any atom is -0.275 e. The topological polar surface area (TPSA) is 92.3 Å². The molecule has 3 rings (SSSR count). The third kappa shape index (κ3) is 2.42. The Kier molecular flexibility index (Phi) is 3.71. The van der Waals surface area contributed by atoms with Crippen LogP contribution in [0.3, 0.4) is 0 Å². The molecule has 1 unspecified atom stereocenters. The molecule has 0 amide bonds. The maximum atomic E-state index is 11.4. The molecule has 0 bridgehead atoms. The van der Waals surface area contributed by atoms with Crippen LogP contribution in [0.4, 0.5) is 17.1 Å². The third-order valence-electron chi connectivity index (χ3n) is 4.73. The molecule has 1 aliphatic heterocycles. The van der Waals surface area contributed by atoms with Crippen molar-refractivity contribution in [3.63, 3.8) is 0 Å². The average Bonchev–Trinajstić information content (AvgIpc) is 3.14. The molecule has 1 atom stereocenters. The van der Waals surface area contributed by atoms with Crippen molar-refractivity contribution in [2.75, 3.05) is 5.01 Å². The van der Waals surface area contributed by atoms with E-state index in [2.05, 4.69) is 18.9 Å². The molecule has 1 aliphatic carbocycles. The van der Waals surface area contributed by atoms with E-state index in [0.29, 0.717) is 5.69 Å². The summed E-state index contributed by atoms with van der Waals surface area (Å²) in [5, 5.41) is 26.5. The second-order valence-electron chi connectivity index (χ2n) is 6.48. The summed E-state index contributed by atoms with van der Waals surface area (Å²) < 4.78 is 0. The Hall–Kier alpha value is -2.22. The van der Waals surface area contributed by atoms with E-state index in [0.717, 1.165) is 31.7 Å². The summed E-state index contributed by atoms with van der Waals surface area (Å²) in [6, 6.07) is 4.13. The first-order valence-corrected chi connectivity index (χ1v) is 7.91. The zero-order valence-corrected chi connectivity index (χ0v) is 13.3. The maximum absolute atomic E-state index is 11.4. The van der Waals surface area contributed by atoms with E-state index in [9.17, 15) is 20.2 Å². The van der Waals surface area contributed by atoms with Gasteiger partial charge in [0.2, 0.25) is 0 Å². The fraction of sp³-hybridized carbons (Fsp3) is 0.600. The molecule has 8 heteroatoms. The smallest absolute Gasteiger partial charge is 0.275 e. The quantitative estimate of drug-likeness (QED) is 0.478. The van der Waals surface area contributed by atoms with E-state index in [4.69, 9.17) is 0 Å². The Morgan fingerprint density at radius 3 is 2.26 bits per heavy atom. The van der Waals surface area contributed by atoms with Crippen LogP contribution in [0.15, 0.2) is 18.2 Å². The molecule has 23 heavy (non-hydrogen) atoms. The van der Waals surface area contributed by atoms with E-state index in [1.54, 1.807) is 0 Å². The Morgan fingerprint density at radius 1 is 1.09 bits per heavy atom. The van der Waals surface area contributed by atoms with Gasteiger partial charge in [-0.2, -0.15) is 5.01 Å². The highest BCUT2D eigenvalue weighted by Gasteiger charge is 2.63. The van der Waals surface area contributed by atoms with E-state index in [1.165, 1.54) is 18.6 Å². The Labute approximate surface area is 133 Å². The Morgan fingerprint density at radius 2 is 1.74 bits per heavy atom. The van der Waals surface area contributed by atoms with Gasteiger partial charge in [-0.3, -0.25) is 25.2 Å². The van der Waals surface area contributed by atoms with Crippen LogP contribution in [-0.4, -0.2) is 26.6 Å². The number of nitrogens with zero attached hydrogens (tertiary/aromatic N) is 4. The van der Waals surface area contributed by atoms with E-state index < -0.39 is 9.85 Å². The molecular weight excluding hydrogens is 300 g/mol. The molecule has 8 nitrogen and oxygen atoms in total. The van der Waals surface area contributed by atoms with Crippen LogP contribution in [0.2, 0.25) is 0 Å². The van der Waals surface area contributed by atoms with Gasteiger partial charge in [0.05, 0.1) is 15.9 Å². The van der Waals surface area contributed by atoms with Crippen LogP contribution >= 0.6 is 0 Å². The van der Waals surface area contributed by atoms with Gasteiger partial charge in [-0.25, -0.2) is 0 Å². The number of hydrogen-bond donors (Lipinski definition) is 0. The first-order valence-electron chi connectivity index (χ1n) is 7.91. The van der Waals surface area contributed by atoms with Crippen LogP contribution in [0.25, 0.3) is 0 Å². The van der Waals surface area contributed by atoms with Crippen molar-refractivity contribution in [3.8, 4) is 0 Å². The zero-order chi connectivity index (χ0) is 16.8. The molecule has 0 aromatic heterocycles. The minimum absolute atomic E-state index is 0.159. The minimum atomic E-state index is -0.602. The molecule has 1 heterocycles. The second-order valence-corrected chi connectivity index (χ2v) is 6.48. The summed E-state index contributed by atoms with van der Waals surface area (Å²) in [5.74, 6) is 0. The van der Waals surface area contributed by atoms with Crippen molar-refractivity contribution in [1.82, 2.24) is 5.01 Å². The Balaban J connectivity index is 2.03. The number of anilines is 1. The monoisotopic (exact) mass is 320 g/mol. The van der Waals surface area contributed by atoms with Gasteiger partial charge in [0, 0.05) is 12.1 Å². The van der Waals surface area contributed by atoms with Crippen LogP contribution in [0, 0.1) is 20.2 Å². The molecule has 1 aromatic rings. The maximum Gasteiger partial charge on any atom is 0.300 e. The molecule has 1 saturated heterocycles. The highest BCUT2D eigenvalue weighted by atomic mass is 16.6. The van der Waals surface area contributed by atoms with Crippen molar-refractivity contribution in [1.29, 1.82) is 0 Å². The lowest BCUT2D eigenvalue weighted by molar-refractivity contribution is -0.393. The lowest BCUT2D eigenvalue weighted by Gasteiger charge is -2.21. The van der Waals surface area contributed by atoms with Crippen LogP contribution < -0.4 is 5.01 Å². The molecule has 0 radical (unpaired) electrons. The largest absolute Gasteiger partial charge is 0.300 e. The lowest BCUT2D eigenvalue weighted by Crippen LogP contribution is -2.26.